The van der Waals surface area contributed by atoms with E-state index in [-0.39, 0.29) is 37.1 Å². The van der Waals surface area contributed by atoms with Gasteiger partial charge in [0.2, 0.25) is 10.0 Å². The molecule has 2 aromatic rings. The van der Waals surface area contributed by atoms with Gasteiger partial charge in [0, 0.05) is 26.2 Å². The molecule has 1 aliphatic rings. The Morgan fingerprint density at radius 3 is 2.35 bits per heavy atom. The zero-order valence-corrected chi connectivity index (χ0v) is 18.7. The van der Waals surface area contributed by atoms with Crippen molar-refractivity contribution in [1.29, 1.82) is 0 Å². The van der Waals surface area contributed by atoms with Crippen LogP contribution < -0.4 is 20.3 Å². The van der Waals surface area contributed by atoms with Crippen LogP contribution in [-0.4, -0.2) is 52.8 Å². The summed E-state index contributed by atoms with van der Waals surface area (Å²) in [6, 6.07) is 16.2. The molecule has 0 spiro atoms. The standard InChI is InChI=1S/C22H30N4O4S/c1-17-14-26(15-18(2)30-17)21-11-7-6-10-20(21)25-22(27)23-12-13-24-31(28,29)16-19-8-4-3-5-9-19/h3-11,17-18,24H,12-16H2,1-2H3,(H2,23,25,27)/t17-,18+. The molecule has 8 nitrogen and oxygen atoms in total. The average Bonchev–Trinajstić information content (AvgIpc) is 2.71. The first kappa shape index (κ1) is 23.1. The number of sulfonamides is 1. The largest absolute Gasteiger partial charge is 0.372 e. The van der Waals surface area contributed by atoms with E-state index < -0.39 is 10.0 Å². The van der Waals surface area contributed by atoms with Crippen LogP contribution in [0.25, 0.3) is 0 Å². The van der Waals surface area contributed by atoms with Gasteiger partial charge < -0.3 is 20.3 Å². The second-order valence-electron chi connectivity index (χ2n) is 7.70. The molecule has 2 aromatic carbocycles. The van der Waals surface area contributed by atoms with Crippen molar-refractivity contribution in [3.8, 4) is 0 Å². The molecule has 0 aliphatic carbocycles. The predicted octanol–water partition coefficient (Wildman–Crippen LogP) is 2.54. The summed E-state index contributed by atoms with van der Waals surface area (Å²) < 4.78 is 32.6. The van der Waals surface area contributed by atoms with E-state index in [0.717, 1.165) is 18.8 Å². The van der Waals surface area contributed by atoms with Gasteiger partial charge in [-0.25, -0.2) is 17.9 Å². The molecule has 0 bridgehead atoms. The fraction of sp³-hybridized carbons (Fsp3) is 0.409. The van der Waals surface area contributed by atoms with E-state index in [4.69, 9.17) is 4.74 Å². The summed E-state index contributed by atoms with van der Waals surface area (Å²) in [5, 5.41) is 5.56. The first-order chi connectivity index (χ1) is 14.8. The minimum Gasteiger partial charge on any atom is -0.372 e. The minimum atomic E-state index is -3.46. The predicted molar refractivity (Wildman–Crippen MR) is 123 cm³/mol. The van der Waals surface area contributed by atoms with E-state index in [1.165, 1.54) is 0 Å². The van der Waals surface area contributed by atoms with Crippen LogP contribution in [0, 0.1) is 0 Å². The summed E-state index contributed by atoms with van der Waals surface area (Å²) in [4.78, 5) is 14.5. The van der Waals surface area contributed by atoms with Crippen LogP contribution in [0.1, 0.15) is 19.4 Å². The van der Waals surface area contributed by atoms with Gasteiger partial charge in [0.25, 0.3) is 0 Å². The highest BCUT2D eigenvalue weighted by atomic mass is 32.2. The summed E-state index contributed by atoms with van der Waals surface area (Å²) in [5.74, 6) is -0.0934. The molecule has 2 atom stereocenters. The number of para-hydroxylation sites is 2. The number of morpholine rings is 1. The summed E-state index contributed by atoms with van der Waals surface area (Å²) >= 11 is 0. The van der Waals surface area contributed by atoms with Crippen molar-refractivity contribution in [2.24, 2.45) is 0 Å². The van der Waals surface area contributed by atoms with Gasteiger partial charge in [0.1, 0.15) is 0 Å². The lowest BCUT2D eigenvalue weighted by molar-refractivity contribution is -0.00517. The Labute approximate surface area is 184 Å². The molecular formula is C22H30N4O4S. The molecule has 1 saturated heterocycles. The number of ether oxygens (including phenoxy) is 1. The molecule has 0 radical (unpaired) electrons. The molecular weight excluding hydrogens is 416 g/mol. The fourth-order valence-corrected chi connectivity index (χ4v) is 4.77. The van der Waals surface area contributed by atoms with Crippen LogP contribution in [0.5, 0.6) is 0 Å². The van der Waals surface area contributed by atoms with Crippen molar-refractivity contribution in [3.05, 3.63) is 60.2 Å². The molecule has 0 saturated carbocycles. The fourth-order valence-electron chi connectivity index (χ4n) is 3.62. The normalized spacial score (nSPS) is 19.1. The van der Waals surface area contributed by atoms with Crippen molar-refractivity contribution < 1.29 is 17.9 Å². The average molecular weight is 447 g/mol. The second kappa shape index (κ2) is 10.6. The Bertz CT molecular complexity index is 958. The van der Waals surface area contributed by atoms with Crippen molar-refractivity contribution in [2.75, 3.05) is 36.4 Å². The number of amides is 2. The van der Waals surface area contributed by atoms with Crippen LogP contribution in [0.3, 0.4) is 0 Å². The Morgan fingerprint density at radius 2 is 1.65 bits per heavy atom. The van der Waals surface area contributed by atoms with Crippen LogP contribution in [-0.2, 0) is 20.5 Å². The van der Waals surface area contributed by atoms with E-state index in [2.05, 4.69) is 20.3 Å². The maximum absolute atomic E-state index is 12.3. The summed E-state index contributed by atoms with van der Waals surface area (Å²) in [5.41, 5.74) is 2.35. The van der Waals surface area contributed by atoms with Crippen molar-refractivity contribution in [3.63, 3.8) is 0 Å². The van der Waals surface area contributed by atoms with E-state index >= 15 is 0 Å². The zero-order valence-electron chi connectivity index (χ0n) is 17.9. The third-order valence-corrected chi connectivity index (χ3v) is 6.20. The van der Waals surface area contributed by atoms with E-state index in [1.54, 1.807) is 24.3 Å². The van der Waals surface area contributed by atoms with Gasteiger partial charge >= 0.3 is 6.03 Å². The molecule has 2 amide bonds. The number of nitrogens with zero attached hydrogens (tertiary/aromatic N) is 1. The molecule has 9 heteroatoms. The second-order valence-corrected chi connectivity index (χ2v) is 9.51. The monoisotopic (exact) mass is 446 g/mol. The van der Waals surface area contributed by atoms with Gasteiger partial charge in [-0.1, -0.05) is 42.5 Å². The van der Waals surface area contributed by atoms with Crippen LogP contribution in [0.15, 0.2) is 54.6 Å². The number of hydrogen-bond acceptors (Lipinski definition) is 5. The van der Waals surface area contributed by atoms with Gasteiger partial charge in [0.05, 0.1) is 29.3 Å². The molecule has 31 heavy (non-hydrogen) atoms. The van der Waals surface area contributed by atoms with Crippen molar-refractivity contribution in [1.82, 2.24) is 10.0 Å². The summed E-state index contributed by atoms with van der Waals surface area (Å²) in [7, 11) is -3.46. The van der Waals surface area contributed by atoms with E-state index in [9.17, 15) is 13.2 Å². The molecule has 3 N–H and O–H groups in total. The molecule has 1 aliphatic heterocycles. The lowest BCUT2D eigenvalue weighted by Crippen LogP contribution is -2.46. The minimum absolute atomic E-state index is 0.0934. The Hall–Kier alpha value is -2.62. The van der Waals surface area contributed by atoms with E-state index in [0.29, 0.717) is 11.3 Å². The number of carbonyl (C=O) groups is 1. The number of anilines is 2. The molecule has 3 rings (SSSR count). The highest BCUT2D eigenvalue weighted by Crippen LogP contribution is 2.28. The molecule has 0 aromatic heterocycles. The van der Waals surface area contributed by atoms with E-state index in [1.807, 2.05) is 44.2 Å². The van der Waals surface area contributed by atoms with Gasteiger partial charge in [0.15, 0.2) is 0 Å². The number of benzene rings is 2. The molecule has 168 valence electrons. The number of urea groups is 1. The summed E-state index contributed by atoms with van der Waals surface area (Å²) in [6.45, 7) is 5.84. The maximum Gasteiger partial charge on any atom is 0.319 e. The van der Waals surface area contributed by atoms with Crippen LogP contribution in [0.2, 0.25) is 0 Å². The summed E-state index contributed by atoms with van der Waals surface area (Å²) in [6.07, 6.45) is 0.212. The quantitative estimate of drug-likeness (QED) is 0.541. The third-order valence-electron chi connectivity index (χ3n) is 4.84. The number of carbonyl (C=O) groups excluding carboxylic acids is 1. The first-order valence-corrected chi connectivity index (χ1v) is 12.0. The SMILES string of the molecule is C[C@@H]1CN(c2ccccc2NC(=O)NCCNS(=O)(=O)Cc2ccccc2)C[C@H](C)O1. The Kier molecular flexibility index (Phi) is 7.89. The topological polar surface area (TPSA) is 99.8 Å². The highest BCUT2D eigenvalue weighted by molar-refractivity contribution is 7.88. The first-order valence-electron chi connectivity index (χ1n) is 10.4. The van der Waals surface area contributed by atoms with Gasteiger partial charge in [-0.05, 0) is 31.5 Å². The third kappa shape index (κ3) is 7.23. The van der Waals surface area contributed by atoms with Gasteiger partial charge in [-0.3, -0.25) is 0 Å². The van der Waals surface area contributed by atoms with Crippen LogP contribution in [0.4, 0.5) is 16.2 Å². The number of rotatable bonds is 8. The van der Waals surface area contributed by atoms with Gasteiger partial charge in [-0.2, -0.15) is 0 Å². The maximum atomic E-state index is 12.3. The van der Waals surface area contributed by atoms with Crippen LogP contribution >= 0.6 is 0 Å². The lowest BCUT2D eigenvalue weighted by Gasteiger charge is -2.37. The lowest BCUT2D eigenvalue weighted by atomic mass is 10.1. The zero-order chi connectivity index (χ0) is 22.3. The number of hydrogen-bond donors (Lipinski definition) is 3. The molecule has 1 fully saturated rings. The Morgan fingerprint density at radius 1 is 1.00 bits per heavy atom. The number of nitrogens with one attached hydrogen (secondary N) is 3. The van der Waals surface area contributed by atoms with Crippen molar-refractivity contribution >= 4 is 27.4 Å². The van der Waals surface area contributed by atoms with Crippen molar-refractivity contribution in [2.45, 2.75) is 31.8 Å². The smallest absolute Gasteiger partial charge is 0.319 e. The Balaban J connectivity index is 1.48. The van der Waals surface area contributed by atoms with Gasteiger partial charge in [-0.15, -0.1) is 0 Å². The molecule has 0 unspecified atom stereocenters. The molecule has 1 heterocycles. The highest BCUT2D eigenvalue weighted by Gasteiger charge is 2.24.